The van der Waals surface area contributed by atoms with Crippen molar-refractivity contribution in [3.8, 4) is 28.7 Å². The molecule has 0 saturated heterocycles. The largest absolute Gasteiger partial charge is 0.504 e. The molecule has 0 radical (unpaired) electrons. The van der Waals surface area contributed by atoms with Gasteiger partial charge in [-0.1, -0.05) is 36.4 Å². The quantitative estimate of drug-likeness (QED) is 0.342. The second kappa shape index (κ2) is 9.50. The summed E-state index contributed by atoms with van der Waals surface area (Å²) >= 11 is 0. The topological polar surface area (TPSA) is 129 Å². The van der Waals surface area contributed by atoms with Crippen molar-refractivity contribution >= 4 is 6.08 Å². The highest BCUT2D eigenvalue weighted by molar-refractivity contribution is 5.57. The van der Waals surface area contributed by atoms with E-state index in [-0.39, 0.29) is 37.2 Å². The van der Waals surface area contributed by atoms with Crippen molar-refractivity contribution in [1.82, 2.24) is 0 Å². The van der Waals surface area contributed by atoms with E-state index in [1.54, 1.807) is 30.4 Å². The highest BCUT2D eigenvalue weighted by atomic mass is 16.6. The summed E-state index contributed by atoms with van der Waals surface area (Å²) in [6, 6.07) is 15.4. The summed E-state index contributed by atoms with van der Waals surface area (Å²) in [5.41, 5.74) is 3.12. The minimum atomic E-state index is -0.738. The van der Waals surface area contributed by atoms with Crippen LogP contribution in [0.2, 0.25) is 0 Å². The molecule has 0 fully saturated rings. The number of aliphatic hydroxyl groups excluding tert-OH is 3. The molecule has 0 spiro atoms. The fraction of sp³-hybridized carbons (Fsp3) is 0.259. The lowest BCUT2D eigenvalue weighted by atomic mass is 9.91. The number of aliphatic hydroxyl groups is 3. The number of hydrogen-bond donors (Lipinski definition) is 5. The van der Waals surface area contributed by atoms with E-state index in [1.807, 2.05) is 24.3 Å². The minimum Gasteiger partial charge on any atom is -0.504 e. The smallest absolute Gasteiger partial charge is 0.163 e. The molecule has 2 aliphatic rings. The van der Waals surface area contributed by atoms with Crippen molar-refractivity contribution in [3.05, 3.63) is 82.9 Å². The summed E-state index contributed by atoms with van der Waals surface area (Å²) in [6.07, 6.45) is 1.57. The molecule has 3 aromatic rings. The van der Waals surface area contributed by atoms with Gasteiger partial charge in [0.15, 0.2) is 35.2 Å². The number of rotatable bonds is 6. The molecule has 0 aliphatic carbocycles. The van der Waals surface area contributed by atoms with Crippen LogP contribution in [0.4, 0.5) is 0 Å². The molecule has 35 heavy (non-hydrogen) atoms. The Bertz CT molecular complexity index is 1250. The van der Waals surface area contributed by atoms with Crippen LogP contribution >= 0.6 is 0 Å². The van der Waals surface area contributed by atoms with Crippen molar-refractivity contribution in [2.45, 2.75) is 24.2 Å². The normalized spacial score (nSPS) is 22.7. The predicted molar refractivity (Wildman–Crippen MR) is 127 cm³/mol. The van der Waals surface area contributed by atoms with E-state index in [0.29, 0.717) is 22.8 Å². The summed E-state index contributed by atoms with van der Waals surface area (Å²) in [6.45, 7) is -0.491. The van der Waals surface area contributed by atoms with E-state index in [4.69, 9.17) is 19.3 Å². The lowest BCUT2D eigenvalue weighted by Crippen LogP contribution is -2.36. The van der Waals surface area contributed by atoms with E-state index in [9.17, 15) is 20.4 Å². The molecule has 5 N–H and O–H groups in total. The first-order valence-electron chi connectivity index (χ1n) is 11.3. The fourth-order valence-electron chi connectivity index (χ4n) is 4.59. The van der Waals surface area contributed by atoms with Crippen LogP contribution in [0.3, 0.4) is 0 Å². The van der Waals surface area contributed by atoms with E-state index in [2.05, 4.69) is 0 Å². The van der Waals surface area contributed by atoms with Crippen molar-refractivity contribution in [2.75, 3.05) is 19.8 Å². The minimum absolute atomic E-state index is 0.0549. The Balaban J connectivity index is 1.42. The summed E-state index contributed by atoms with van der Waals surface area (Å²) in [5, 5.41) is 48.6. The Morgan fingerprint density at radius 3 is 2.20 bits per heavy atom. The maximum absolute atomic E-state index is 10.1. The van der Waals surface area contributed by atoms with Crippen LogP contribution in [0, 0.1) is 0 Å². The van der Waals surface area contributed by atoms with Gasteiger partial charge in [-0.3, -0.25) is 0 Å². The Morgan fingerprint density at radius 1 is 0.686 bits per heavy atom. The molecule has 0 aromatic heterocycles. The number of aromatic hydroxyl groups is 2. The fourth-order valence-corrected chi connectivity index (χ4v) is 4.59. The first-order chi connectivity index (χ1) is 17.0. The van der Waals surface area contributed by atoms with E-state index in [1.165, 1.54) is 12.1 Å². The molecular formula is C27H26O8. The summed E-state index contributed by atoms with van der Waals surface area (Å²) < 4.78 is 18.4. The summed E-state index contributed by atoms with van der Waals surface area (Å²) in [4.78, 5) is 0. The van der Waals surface area contributed by atoms with Crippen LogP contribution < -0.4 is 14.2 Å². The number of phenols is 2. The maximum atomic E-state index is 10.1. The van der Waals surface area contributed by atoms with Gasteiger partial charge in [-0.2, -0.15) is 0 Å². The Morgan fingerprint density at radius 2 is 1.46 bits per heavy atom. The second-order valence-electron chi connectivity index (χ2n) is 8.54. The third-order valence-corrected chi connectivity index (χ3v) is 6.34. The van der Waals surface area contributed by atoms with Gasteiger partial charge in [0.05, 0.1) is 25.7 Å². The third-order valence-electron chi connectivity index (χ3n) is 6.34. The van der Waals surface area contributed by atoms with Crippen LogP contribution in [0.1, 0.15) is 40.4 Å². The summed E-state index contributed by atoms with van der Waals surface area (Å²) in [5.74, 6) is 0.761. The Labute approximate surface area is 201 Å². The molecule has 3 aromatic carbocycles. The second-order valence-corrected chi connectivity index (χ2v) is 8.54. The van der Waals surface area contributed by atoms with Gasteiger partial charge in [0, 0.05) is 11.1 Å². The van der Waals surface area contributed by atoms with Gasteiger partial charge >= 0.3 is 0 Å². The van der Waals surface area contributed by atoms with Crippen LogP contribution in [-0.2, 0) is 0 Å². The molecule has 0 saturated carbocycles. The third kappa shape index (κ3) is 4.27. The molecule has 8 nitrogen and oxygen atoms in total. The van der Waals surface area contributed by atoms with E-state index in [0.717, 1.165) is 16.7 Å². The van der Waals surface area contributed by atoms with Gasteiger partial charge < -0.3 is 39.7 Å². The van der Waals surface area contributed by atoms with Gasteiger partial charge in [0.25, 0.3) is 0 Å². The molecule has 5 rings (SSSR count). The van der Waals surface area contributed by atoms with Gasteiger partial charge in [0.1, 0.15) is 11.9 Å². The van der Waals surface area contributed by atoms with Gasteiger partial charge in [-0.15, -0.1) is 0 Å². The standard InChI is InChI=1S/C27H26O8/c28-9-1-2-15-3-6-18-19(13-29)26(35-23(18)10-15)17-5-8-22-24(12-17)33-25(14-30)27(34-22)16-4-7-20(31)21(32)11-16/h1-8,10-12,19,25-32H,9,13-14H2/b2-1+/t19-,25+,26?,27?/m0/s1. The average Bonchev–Trinajstić information content (AvgIpc) is 3.25. The van der Waals surface area contributed by atoms with Gasteiger partial charge in [0.2, 0.25) is 0 Å². The van der Waals surface area contributed by atoms with E-state index >= 15 is 0 Å². The monoisotopic (exact) mass is 478 g/mol. The zero-order chi connectivity index (χ0) is 24.5. The van der Waals surface area contributed by atoms with Crippen molar-refractivity contribution in [1.29, 1.82) is 0 Å². The molecule has 0 amide bonds. The first-order valence-corrected chi connectivity index (χ1v) is 11.3. The average molecular weight is 478 g/mol. The van der Waals surface area contributed by atoms with Gasteiger partial charge in [-0.05, 0) is 41.5 Å². The predicted octanol–water partition coefficient (Wildman–Crippen LogP) is 3.19. The lowest BCUT2D eigenvalue weighted by Gasteiger charge is -2.34. The molecular weight excluding hydrogens is 452 g/mol. The van der Waals surface area contributed by atoms with Crippen LogP contribution in [-0.4, -0.2) is 51.5 Å². The molecule has 0 bridgehead atoms. The lowest BCUT2D eigenvalue weighted by molar-refractivity contribution is -0.0126. The highest BCUT2D eigenvalue weighted by Gasteiger charge is 2.38. The van der Waals surface area contributed by atoms with Crippen molar-refractivity contribution < 1.29 is 39.7 Å². The summed E-state index contributed by atoms with van der Waals surface area (Å²) in [7, 11) is 0. The zero-order valence-electron chi connectivity index (χ0n) is 18.7. The molecule has 2 aliphatic heterocycles. The number of ether oxygens (including phenoxy) is 3. The number of fused-ring (bicyclic) bond motifs is 2. The first kappa shape index (κ1) is 23.0. The van der Waals surface area contributed by atoms with Crippen LogP contribution in [0.5, 0.6) is 28.7 Å². The van der Waals surface area contributed by atoms with Gasteiger partial charge in [-0.25, -0.2) is 0 Å². The highest BCUT2D eigenvalue weighted by Crippen LogP contribution is 2.49. The Hall–Kier alpha value is -3.72. The number of hydrogen-bond acceptors (Lipinski definition) is 8. The maximum Gasteiger partial charge on any atom is 0.163 e. The van der Waals surface area contributed by atoms with Crippen LogP contribution in [0.25, 0.3) is 6.08 Å². The molecule has 8 heteroatoms. The molecule has 2 unspecified atom stereocenters. The number of benzene rings is 3. The molecule has 4 atom stereocenters. The SMILES string of the molecule is OC/C=C/c1ccc2c(c1)OC(c1ccc3c(c1)O[C@H](CO)C(c1ccc(O)c(O)c1)O3)[C@H]2CO. The Kier molecular flexibility index (Phi) is 6.25. The van der Waals surface area contributed by atoms with Crippen LogP contribution in [0.15, 0.2) is 60.7 Å². The van der Waals surface area contributed by atoms with Crippen molar-refractivity contribution in [3.63, 3.8) is 0 Å². The van der Waals surface area contributed by atoms with E-state index < -0.39 is 18.3 Å². The molecule has 182 valence electrons. The number of phenolic OH excluding ortho intramolecular Hbond substituents is 2. The molecule has 2 heterocycles. The van der Waals surface area contributed by atoms with Crippen molar-refractivity contribution in [2.24, 2.45) is 0 Å². The zero-order valence-corrected chi connectivity index (χ0v) is 18.7.